The van der Waals surface area contributed by atoms with E-state index in [2.05, 4.69) is 31.8 Å². The lowest BCUT2D eigenvalue weighted by atomic mass is 9.96. The molecule has 0 bridgehead atoms. The number of alkyl halides is 3. The second kappa shape index (κ2) is 8.45. The summed E-state index contributed by atoms with van der Waals surface area (Å²) >= 11 is 0. The Morgan fingerprint density at radius 1 is 1.25 bits per heavy atom. The van der Waals surface area contributed by atoms with E-state index in [1.165, 1.54) is 6.07 Å². The normalized spacial score (nSPS) is 15.2. The molecule has 168 valence electrons. The fourth-order valence-electron chi connectivity index (χ4n) is 3.70. The summed E-state index contributed by atoms with van der Waals surface area (Å²) in [6, 6.07) is 6.84. The number of rotatable bonds is 5. The minimum atomic E-state index is -4.66. The summed E-state index contributed by atoms with van der Waals surface area (Å²) in [4.78, 5) is 14.6. The van der Waals surface area contributed by atoms with E-state index in [9.17, 15) is 18.0 Å². The van der Waals surface area contributed by atoms with Gasteiger partial charge in [-0.05, 0) is 31.9 Å². The van der Waals surface area contributed by atoms with Crippen LogP contribution in [0.3, 0.4) is 0 Å². The van der Waals surface area contributed by atoms with Gasteiger partial charge < -0.3 is 10.2 Å². The van der Waals surface area contributed by atoms with Gasteiger partial charge in [0.25, 0.3) is 5.82 Å². The molecular formula is C19H20F3N9O. The molecular weight excluding hydrogens is 427 g/mol. The average Bonchev–Trinajstić information content (AvgIpc) is 3.34. The van der Waals surface area contributed by atoms with Crippen LogP contribution in [0, 0.1) is 24.2 Å². The van der Waals surface area contributed by atoms with Crippen LogP contribution in [0.15, 0.2) is 18.2 Å². The number of nitrogens with one attached hydrogen (secondary N) is 1. The fraction of sp³-hybridized carbons (Fsp3) is 0.474. The SMILES string of the molecule is Cc1cc(NC(=O)C2CCN(c3ccc4nnc(C(F)(F)F)n4n3)CC2)n(CCC#N)n1. The van der Waals surface area contributed by atoms with E-state index in [1.807, 2.05) is 4.90 Å². The van der Waals surface area contributed by atoms with Gasteiger partial charge in [0.1, 0.15) is 11.6 Å². The summed E-state index contributed by atoms with van der Waals surface area (Å²) in [5.74, 6) is -0.664. The van der Waals surface area contributed by atoms with Crippen LogP contribution < -0.4 is 10.2 Å². The number of hydrogen-bond donors (Lipinski definition) is 1. The van der Waals surface area contributed by atoms with E-state index >= 15 is 0 Å². The zero-order valence-corrected chi connectivity index (χ0v) is 17.2. The molecule has 4 rings (SSSR count). The van der Waals surface area contributed by atoms with Crippen LogP contribution in [0.1, 0.15) is 30.8 Å². The van der Waals surface area contributed by atoms with Crippen molar-refractivity contribution in [2.45, 2.75) is 38.9 Å². The van der Waals surface area contributed by atoms with Crippen molar-refractivity contribution in [1.82, 2.24) is 29.6 Å². The third kappa shape index (κ3) is 4.34. The molecule has 3 aromatic heterocycles. The molecule has 32 heavy (non-hydrogen) atoms. The Hall–Kier alpha value is -3.69. The number of aryl methyl sites for hydroxylation is 2. The fourth-order valence-corrected chi connectivity index (χ4v) is 3.70. The number of carbonyl (C=O) groups is 1. The molecule has 1 amide bonds. The number of anilines is 2. The van der Waals surface area contributed by atoms with E-state index in [0.717, 1.165) is 5.69 Å². The maximum absolute atomic E-state index is 13.1. The summed E-state index contributed by atoms with van der Waals surface area (Å²) < 4.78 is 41.6. The van der Waals surface area contributed by atoms with Crippen molar-refractivity contribution in [2.24, 2.45) is 5.92 Å². The number of piperidine rings is 1. The Labute approximate surface area is 180 Å². The minimum Gasteiger partial charge on any atom is -0.355 e. The predicted octanol–water partition coefficient (Wildman–Crippen LogP) is 2.42. The molecule has 3 aromatic rings. The van der Waals surface area contributed by atoms with Gasteiger partial charge in [-0.2, -0.15) is 28.0 Å². The van der Waals surface area contributed by atoms with Crippen molar-refractivity contribution in [3.8, 4) is 6.07 Å². The molecule has 13 heteroatoms. The first-order chi connectivity index (χ1) is 15.3. The molecule has 0 saturated carbocycles. The number of nitrogens with zero attached hydrogens (tertiary/aromatic N) is 8. The Bertz CT molecular complexity index is 1170. The molecule has 0 aliphatic carbocycles. The topological polar surface area (TPSA) is 117 Å². The number of aromatic nitrogens is 6. The second-order valence-electron chi connectivity index (χ2n) is 7.54. The molecule has 0 radical (unpaired) electrons. The van der Waals surface area contributed by atoms with Gasteiger partial charge in [0.15, 0.2) is 5.65 Å². The highest BCUT2D eigenvalue weighted by atomic mass is 19.4. The van der Waals surface area contributed by atoms with Gasteiger partial charge in [0, 0.05) is 25.1 Å². The van der Waals surface area contributed by atoms with Gasteiger partial charge in [-0.15, -0.1) is 15.3 Å². The first-order valence-corrected chi connectivity index (χ1v) is 10.0. The van der Waals surface area contributed by atoms with E-state index < -0.39 is 12.0 Å². The van der Waals surface area contributed by atoms with Gasteiger partial charge in [-0.3, -0.25) is 4.79 Å². The molecule has 1 aliphatic rings. The lowest BCUT2D eigenvalue weighted by Gasteiger charge is -2.32. The molecule has 0 unspecified atom stereocenters. The lowest BCUT2D eigenvalue weighted by molar-refractivity contribution is -0.146. The van der Waals surface area contributed by atoms with E-state index in [0.29, 0.717) is 48.6 Å². The van der Waals surface area contributed by atoms with Crippen LogP contribution in [0.25, 0.3) is 5.65 Å². The van der Waals surface area contributed by atoms with Crippen LogP contribution in [0.5, 0.6) is 0 Å². The third-order valence-electron chi connectivity index (χ3n) is 5.28. The molecule has 0 atom stereocenters. The third-order valence-corrected chi connectivity index (χ3v) is 5.28. The Kier molecular flexibility index (Phi) is 5.68. The van der Waals surface area contributed by atoms with Crippen molar-refractivity contribution >= 4 is 23.2 Å². The number of halogens is 3. The number of amides is 1. The van der Waals surface area contributed by atoms with Gasteiger partial charge in [-0.1, -0.05) is 0 Å². The van der Waals surface area contributed by atoms with Gasteiger partial charge >= 0.3 is 6.18 Å². The Morgan fingerprint density at radius 3 is 2.69 bits per heavy atom. The van der Waals surface area contributed by atoms with Crippen molar-refractivity contribution in [1.29, 1.82) is 5.26 Å². The monoisotopic (exact) mass is 447 g/mol. The first kappa shape index (κ1) is 21.5. The number of hydrogen-bond acceptors (Lipinski definition) is 7. The Morgan fingerprint density at radius 2 is 2.00 bits per heavy atom. The average molecular weight is 447 g/mol. The summed E-state index contributed by atoms with van der Waals surface area (Å²) in [6.07, 6.45) is -3.34. The summed E-state index contributed by atoms with van der Waals surface area (Å²) in [5.41, 5.74) is 0.750. The van der Waals surface area contributed by atoms with E-state index in [1.54, 1.807) is 23.7 Å². The maximum Gasteiger partial charge on any atom is 0.453 e. The van der Waals surface area contributed by atoms with Crippen molar-refractivity contribution in [3.05, 3.63) is 29.7 Å². The van der Waals surface area contributed by atoms with Crippen molar-refractivity contribution in [2.75, 3.05) is 23.3 Å². The zero-order chi connectivity index (χ0) is 22.9. The Balaban J connectivity index is 1.41. The molecule has 0 spiro atoms. The van der Waals surface area contributed by atoms with Gasteiger partial charge in [0.05, 0.1) is 24.7 Å². The maximum atomic E-state index is 13.1. The quantitative estimate of drug-likeness (QED) is 0.638. The molecule has 10 nitrogen and oxygen atoms in total. The van der Waals surface area contributed by atoms with Gasteiger partial charge in [0.2, 0.25) is 5.91 Å². The minimum absolute atomic E-state index is 0.0126. The highest BCUT2D eigenvalue weighted by Crippen LogP contribution is 2.29. The van der Waals surface area contributed by atoms with E-state index in [4.69, 9.17) is 5.26 Å². The largest absolute Gasteiger partial charge is 0.453 e. The standard InChI is InChI=1S/C19H20F3N9O/c1-12-11-16(30(27-12)8-2-7-23)24-17(32)13-5-9-29(10-6-13)15-4-3-14-25-26-18(19(20,21)22)31(14)28-15/h3-4,11,13H,2,5-6,8-10H2,1H3,(H,24,32). The summed E-state index contributed by atoms with van der Waals surface area (Å²) in [5, 5.41) is 26.7. The second-order valence-corrected chi connectivity index (χ2v) is 7.54. The van der Waals surface area contributed by atoms with Crippen LogP contribution in [-0.2, 0) is 17.5 Å². The summed E-state index contributed by atoms with van der Waals surface area (Å²) in [7, 11) is 0. The van der Waals surface area contributed by atoms with Crippen LogP contribution in [-0.4, -0.2) is 48.6 Å². The van der Waals surface area contributed by atoms with Crippen LogP contribution in [0.4, 0.5) is 24.8 Å². The molecule has 1 N–H and O–H groups in total. The molecule has 1 saturated heterocycles. The van der Waals surface area contributed by atoms with Crippen LogP contribution >= 0.6 is 0 Å². The lowest BCUT2D eigenvalue weighted by Crippen LogP contribution is -2.39. The van der Waals surface area contributed by atoms with Crippen molar-refractivity contribution in [3.63, 3.8) is 0 Å². The zero-order valence-electron chi connectivity index (χ0n) is 17.2. The number of nitriles is 1. The highest BCUT2D eigenvalue weighted by molar-refractivity contribution is 5.92. The van der Waals surface area contributed by atoms with Crippen LogP contribution in [0.2, 0.25) is 0 Å². The molecule has 4 heterocycles. The number of carbonyl (C=O) groups excluding carboxylic acids is 1. The first-order valence-electron chi connectivity index (χ1n) is 10.0. The van der Waals surface area contributed by atoms with E-state index in [-0.39, 0.29) is 23.9 Å². The predicted molar refractivity (Wildman–Crippen MR) is 107 cm³/mol. The highest BCUT2D eigenvalue weighted by Gasteiger charge is 2.38. The van der Waals surface area contributed by atoms with Crippen molar-refractivity contribution < 1.29 is 18.0 Å². The molecule has 1 fully saturated rings. The smallest absolute Gasteiger partial charge is 0.355 e. The number of fused-ring (bicyclic) bond motifs is 1. The summed E-state index contributed by atoms with van der Waals surface area (Å²) in [6.45, 7) is 3.12. The van der Waals surface area contributed by atoms with Gasteiger partial charge in [-0.25, -0.2) is 4.68 Å². The molecule has 1 aliphatic heterocycles. The molecule has 0 aromatic carbocycles.